The first-order valence-electron chi connectivity index (χ1n) is 9.17. The van der Waals surface area contributed by atoms with E-state index in [9.17, 15) is 18.4 Å². The molecule has 2 N–H and O–H groups in total. The number of halogens is 2. The molecule has 1 aromatic carbocycles. The second-order valence-corrected chi connectivity index (χ2v) is 7.28. The van der Waals surface area contributed by atoms with Crippen LogP contribution in [0.2, 0.25) is 0 Å². The minimum atomic E-state index is -0.904. The number of carbonyl (C=O) groups excluding carboxylic acids is 2. The van der Waals surface area contributed by atoms with E-state index in [1.54, 1.807) is 9.80 Å². The Hall–Kier alpha value is -2.02. The molecular weight excluding hydrogens is 340 g/mol. The highest BCUT2D eigenvalue weighted by atomic mass is 19.2. The molecule has 2 amide bonds. The summed E-state index contributed by atoms with van der Waals surface area (Å²) < 4.78 is 27.4. The summed E-state index contributed by atoms with van der Waals surface area (Å²) in [5.41, 5.74) is 5.06. The molecular formula is C19H25F2N3O2. The summed E-state index contributed by atoms with van der Waals surface area (Å²) in [6.45, 7) is 2.04. The second kappa shape index (κ2) is 7.70. The van der Waals surface area contributed by atoms with Gasteiger partial charge in [0.15, 0.2) is 11.6 Å². The topological polar surface area (TPSA) is 66.6 Å². The average molecular weight is 365 g/mol. The van der Waals surface area contributed by atoms with Crippen molar-refractivity contribution in [3.8, 4) is 0 Å². The first kappa shape index (κ1) is 18.8. The highest BCUT2D eigenvalue weighted by molar-refractivity contribution is 5.86. The van der Waals surface area contributed by atoms with Crippen LogP contribution in [0, 0.1) is 17.0 Å². The van der Waals surface area contributed by atoms with Gasteiger partial charge in [0.05, 0.1) is 5.41 Å². The van der Waals surface area contributed by atoms with E-state index in [0.717, 1.165) is 18.9 Å². The summed E-state index contributed by atoms with van der Waals surface area (Å²) in [4.78, 5) is 28.7. The maximum atomic E-state index is 14.0. The number of nitrogens with two attached hydrogens (primary N) is 1. The van der Waals surface area contributed by atoms with Crippen molar-refractivity contribution in [3.63, 3.8) is 0 Å². The molecule has 2 heterocycles. The molecule has 7 heteroatoms. The number of hydrogen-bond acceptors (Lipinski definition) is 3. The zero-order chi connectivity index (χ0) is 18.7. The third-order valence-corrected chi connectivity index (χ3v) is 5.52. The van der Waals surface area contributed by atoms with Gasteiger partial charge < -0.3 is 15.5 Å². The Labute approximate surface area is 152 Å². The molecule has 5 nitrogen and oxygen atoms in total. The van der Waals surface area contributed by atoms with Crippen LogP contribution in [0.25, 0.3) is 0 Å². The van der Waals surface area contributed by atoms with Crippen molar-refractivity contribution < 1.29 is 18.4 Å². The molecule has 0 bridgehead atoms. The van der Waals surface area contributed by atoms with Crippen molar-refractivity contribution in [3.05, 3.63) is 35.4 Å². The van der Waals surface area contributed by atoms with E-state index in [4.69, 9.17) is 5.73 Å². The average Bonchev–Trinajstić information content (AvgIpc) is 3.06. The fourth-order valence-corrected chi connectivity index (χ4v) is 4.05. The molecule has 26 heavy (non-hydrogen) atoms. The number of piperidine rings is 1. The van der Waals surface area contributed by atoms with E-state index >= 15 is 0 Å². The Kier molecular flexibility index (Phi) is 5.55. The van der Waals surface area contributed by atoms with Crippen LogP contribution in [-0.4, -0.2) is 47.8 Å². The lowest BCUT2D eigenvalue weighted by molar-refractivity contribution is -0.146. The minimum Gasteiger partial charge on any atom is -0.342 e. The quantitative estimate of drug-likeness (QED) is 0.868. The fraction of sp³-hybridized carbons (Fsp3) is 0.579. The van der Waals surface area contributed by atoms with Gasteiger partial charge in [0.2, 0.25) is 11.8 Å². The van der Waals surface area contributed by atoms with Gasteiger partial charge in [-0.3, -0.25) is 9.59 Å². The molecule has 2 fully saturated rings. The summed E-state index contributed by atoms with van der Waals surface area (Å²) in [7, 11) is 0. The summed E-state index contributed by atoms with van der Waals surface area (Å²) in [6, 6.07) is 4.02. The van der Waals surface area contributed by atoms with E-state index in [1.807, 2.05) is 0 Å². The Morgan fingerprint density at radius 3 is 2.81 bits per heavy atom. The fourth-order valence-electron chi connectivity index (χ4n) is 4.05. The van der Waals surface area contributed by atoms with Gasteiger partial charge in [0.25, 0.3) is 0 Å². The summed E-state index contributed by atoms with van der Waals surface area (Å²) >= 11 is 0. The third-order valence-electron chi connectivity index (χ3n) is 5.52. The van der Waals surface area contributed by atoms with E-state index in [1.165, 1.54) is 12.1 Å². The highest BCUT2D eigenvalue weighted by Gasteiger charge is 2.49. The molecule has 0 radical (unpaired) electrons. The number of likely N-dealkylation sites (tertiary alicyclic amines) is 2. The van der Waals surface area contributed by atoms with E-state index in [-0.39, 0.29) is 23.9 Å². The van der Waals surface area contributed by atoms with Gasteiger partial charge in [0.1, 0.15) is 0 Å². The molecule has 1 aromatic rings. The number of nitrogens with zero attached hydrogens (tertiary/aromatic N) is 2. The van der Waals surface area contributed by atoms with Crippen LogP contribution in [0.5, 0.6) is 0 Å². The predicted molar refractivity (Wildman–Crippen MR) is 92.9 cm³/mol. The van der Waals surface area contributed by atoms with Crippen LogP contribution in [0.4, 0.5) is 8.78 Å². The molecule has 0 aromatic heterocycles. The van der Waals surface area contributed by atoms with Gasteiger partial charge in [-0.25, -0.2) is 8.78 Å². The number of benzene rings is 1. The molecule has 1 unspecified atom stereocenters. The van der Waals surface area contributed by atoms with Gasteiger partial charge in [0, 0.05) is 38.2 Å². The molecule has 0 aliphatic carbocycles. The number of hydrogen-bond donors (Lipinski definition) is 1. The predicted octanol–water partition coefficient (Wildman–Crippen LogP) is 2.04. The Morgan fingerprint density at radius 2 is 2.04 bits per heavy atom. The first-order chi connectivity index (χ1) is 12.5. The van der Waals surface area contributed by atoms with Gasteiger partial charge in [-0.15, -0.1) is 0 Å². The lowest BCUT2D eigenvalue weighted by atomic mass is 9.78. The molecule has 142 valence electrons. The number of rotatable bonds is 5. The van der Waals surface area contributed by atoms with E-state index in [0.29, 0.717) is 45.4 Å². The number of carbonyl (C=O) groups is 2. The van der Waals surface area contributed by atoms with Crippen molar-refractivity contribution in [2.75, 3.05) is 26.2 Å². The molecule has 1 atom stereocenters. The summed E-state index contributed by atoms with van der Waals surface area (Å²) in [6.07, 6.45) is 3.20. The molecule has 3 rings (SSSR count). The maximum absolute atomic E-state index is 14.0. The Morgan fingerprint density at radius 1 is 1.23 bits per heavy atom. The zero-order valence-electron chi connectivity index (χ0n) is 14.8. The molecule has 2 aliphatic heterocycles. The zero-order valence-corrected chi connectivity index (χ0v) is 14.8. The largest absolute Gasteiger partial charge is 0.342 e. The van der Waals surface area contributed by atoms with Crippen LogP contribution in [0.1, 0.15) is 37.7 Å². The van der Waals surface area contributed by atoms with Gasteiger partial charge in [-0.05, 0) is 38.3 Å². The monoisotopic (exact) mass is 365 g/mol. The van der Waals surface area contributed by atoms with Crippen molar-refractivity contribution in [1.82, 2.24) is 9.80 Å². The molecule has 2 aliphatic rings. The van der Waals surface area contributed by atoms with Crippen molar-refractivity contribution >= 4 is 11.8 Å². The van der Waals surface area contributed by atoms with Crippen molar-refractivity contribution in [1.29, 1.82) is 0 Å². The Balaban J connectivity index is 1.70. The molecule has 0 saturated carbocycles. The number of amides is 2. The lowest BCUT2D eigenvalue weighted by Crippen LogP contribution is -2.50. The third kappa shape index (κ3) is 3.58. The van der Waals surface area contributed by atoms with Crippen molar-refractivity contribution in [2.24, 2.45) is 11.1 Å². The highest BCUT2D eigenvalue weighted by Crippen LogP contribution is 2.40. The van der Waals surface area contributed by atoms with Crippen LogP contribution in [0.3, 0.4) is 0 Å². The van der Waals surface area contributed by atoms with E-state index in [2.05, 4.69) is 0 Å². The first-order valence-corrected chi connectivity index (χ1v) is 9.17. The van der Waals surface area contributed by atoms with Crippen LogP contribution >= 0.6 is 0 Å². The van der Waals surface area contributed by atoms with Crippen LogP contribution < -0.4 is 5.73 Å². The van der Waals surface area contributed by atoms with E-state index < -0.39 is 17.0 Å². The SMILES string of the molecule is NCCCC(=O)N1CCC2(CCCN(Cc3cccc(F)c3F)C2=O)C1. The molecule has 2 saturated heterocycles. The van der Waals surface area contributed by atoms with Crippen molar-refractivity contribution in [2.45, 2.75) is 38.6 Å². The van der Waals surface area contributed by atoms with Crippen LogP contribution in [0.15, 0.2) is 18.2 Å². The minimum absolute atomic E-state index is 0.0356. The standard InChI is InChI=1S/C19H25F2N3O2/c20-15-5-1-4-14(17(15)21)12-23-10-3-7-19(18(23)26)8-11-24(13-19)16(25)6-2-9-22/h1,4-5H,2-3,6-13,22H2. The second-order valence-electron chi connectivity index (χ2n) is 7.28. The van der Waals surface area contributed by atoms with Gasteiger partial charge >= 0.3 is 0 Å². The van der Waals surface area contributed by atoms with Gasteiger partial charge in [-0.2, -0.15) is 0 Å². The lowest BCUT2D eigenvalue weighted by Gasteiger charge is -2.39. The van der Waals surface area contributed by atoms with Gasteiger partial charge in [-0.1, -0.05) is 12.1 Å². The molecule has 1 spiro atoms. The van der Waals surface area contributed by atoms with Crippen LogP contribution in [-0.2, 0) is 16.1 Å². The smallest absolute Gasteiger partial charge is 0.230 e. The summed E-state index contributed by atoms with van der Waals surface area (Å²) in [5, 5.41) is 0. The Bertz CT molecular complexity index is 697. The maximum Gasteiger partial charge on any atom is 0.230 e. The normalized spacial score (nSPS) is 23.1. The summed E-state index contributed by atoms with van der Waals surface area (Å²) in [5.74, 6) is -1.82.